The summed E-state index contributed by atoms with van der Waals surface area (Å²) >= 11 is 0. The van der Waals surface area contributed by atoms with E-state index in [-0.39, 0.29) is 6.61 Å². The zero-order chi connectivity index (χ0) is 12.8. The van der Waals surface area contributed by atoms with Gasteiger partial charge in [-0.2, -0.15) is 0 Å². The smallest absolute Gasteiger partial charge is 0.411 e. The maximum atomic E-state index is 11.2. The summed E-state index contributed by atoms with van der Waals surface area (Å²) in [7, 11) is 0. The van der Waals surface area contributed by atoms with Gasteiger partial charge in [0.1, 0.15) is 0 Å². The molecular formula is C12H15NO4. The second kappa shape index (κ2) is 5.89. The molecule has 1 aromatic rings. The quantitative estimate of drug-likeness (QED) is 0.843. The van der Waals surface area contributed by atoms with Crippen molar-refractivity contribution in [3.8, 4) is 0 Å². The second-order valence-electron chi connectivity index (χ2n) is 3.53. The zero-order valence-corrected chi connectivity index (χ0v) is 9.77. The van der Waals surface area contributed by atoms with Crippen LogP contribution < -0.4 is 5.32 Å². The first-order valence-electron chi connectivity index (χ1n) is 5.31. The van der Waals surface area contributed by atoms with Crippen molar-refractivity contribution in [3.63, 3.8) is 0 Å². The van der Waals surface area contributed by atoms with Gasteiger partial charge in [-0.3, -0.25) is 10.1 Å². The lowest BCUT2D eigenvalue weighted by Crippen LogP contribution is -2.14. The van der Waals surface area contributed by atoms with Crippen LogP contribution in [0.25, 0.3) is 0 Å². The van der Waals surface area contributed by atoms with E-state index in [2.05, 4.69) is 5.32 Å². The Morgan fingerprint density at radius 1 is 1.47 bits per heavy atom. The summed E-state index contributed by atoms with van der Waals surface area (Å²) in [5.41, 5.74) is 1.15. The Hall–Kier alpha value is -2.04. The predicted molar refractivity (Wildman–Crippen MR) is 63.1 cm³/mol. The number of benzene rings is 1. The molecule has 2 N–H and O–H groups in total. The third-order valence-electron chi connectivity index (χ3n) is 2.28. The second-order valence-corrected chi connectivity index (χ2v) is 3.53. The molecule has 1 aromatic carbocycles. The maximum Gasteiger partial charge on any atom is 0.411 e. The fraction of sp³-hybridized carbons (Fsp3) is 0.333. The summed E-state index contributed by atoms with van der Waals surface area (Å²) in [6.45, 7) is 3.59. The van der Waals surface area contributed by atoms with Crippen molar-refractivity contribution in [1.82, 2.24) is 0 Å². The summed E-state index contributed by atoms with van der Waals surface area (Å²) in [5, 5.41) is 11.4. The highest BCUT2D eigenvalue weighted by Crippen LogP contribution is 2.19. The van der Waals surface area contributed by atoms with E-state index in [1.807, 2.05) is 0 Å². The molecule has 0 bridgehead atoms. The monoisotopic (exact) mass is 237 g/mol. The van der Waals surface area contributed by atoms with Gasteiger partial charge in [0.05, 0.1) is 12.5 Å². The Labute approximate surface area is 99.4 Å². The highest BCUT2D eigenvalue weighted by atomic mass is 16.5. The minimum atomic E-state index is -0.904. The summed E-state index contributed by atoms with van der Waals surface area (Å²) in [4.78, 5) is 22.0. The van der Waals surface area contributed by atoms with E-state index in [9.17, 15) is 9.59 Å². The fourth-order valence-electron chi connectivity index (χ4n) is 1.31. The van der Waals surface area contributed by atoms with Crippen LogP contribution in [0.4, 0.5) is 10.5 Å². The molecule has 0 fully saturated rings. The van der Waals surface area contributed by atoms with Crippen LogP contribution in [0.3, 0.4) is 0 Å². The molecule has 0 saturated carbocycles. The van der Waals surface area contributed by atoms with Crippen molar-refractivity contribution in [2.75, 3.05) is 11.9 Å². The largest absolute Gasteiger partial charge is 0.481 e. The Morgan fingerprint density at radius 3 is 2.76 bits per heavy atom. The van der Waals surface area contributed by atoms with Crippen LogP contribution in [0.15, 0.2) is 24.3 Å². The minimum Gasteiger partial charge on any atom is -0.481 e. The number of hydrogen-bond acceptors (Lipinski definition) is 3. The first kappa shape index (κ1) is 13.0. The molecule has 0 saturated heterocycles. The number of carboxylic acid groups (broad SMARTS) is 1. The number of hydrogen-bond donors (Lipinski definition) is 2. The molecule has 17 heavy (non-hydrogen) atoms. The van der Waals surface area contributed by atoms with Crippen LogP contribution in [0, 0.1) is 0 Å². The third-order valence-corrected chi connectivity index (χ3v) is 2.28. The summed E-state index contributed by atoms with van der Waals surface area (Å²) in [5.74, 6) is -1.52. The van der Waals surface area contributed by atoms with Crippen molar-refractivity contribution >= 4 is 17.7 Å². The van der Waals surface area contributed by atoms with E-state index < -0.39 is 18.0 Å². The first-order chi connectivity index (χ1) is 8.04. The van der Waals surface area contributed by atoms with Gasteiger partial charge in [-0.1, -0.05) is 12.1 Å². The summed E-state index contributed by atoms with van der Waals surface area (Å²) in [6.07, 6.45) is -0.548. The van der Waals surface area contributed by atoms with Crippen LogP contribution in [-0.4, -0.2) is 23.8 Å². The number of ether oxygens (including phenoxy) is 1. The topological polar surface area (TPSA) is 75.6 Å². The van der Waals surface area contributed by atoms with Crippen LogP contribution >= 0.6 is 0 Å². The highest BCUT2D eigenvalue weighted by molar-refractivity contribution is 5.85. The fourth-order valence-corrected chi connectivity index (χ4v) is 1.31. The maximum absolute atomic E-state index is 11.2. The summed E-state index contributed by atoms with van der Waals surface area (Å²) < 4.78 is 4.73. The lowest BCUT2D eigenvalue weighted by atomic mass is 10.0. The zero-order valence-electron chi connectivity index (χ0n) is 9.77. The Balaban J connectivity index is 2.79. The normalized spacial score (nSPS) is 11.6. The molecule has 0 heterocycles. The number of amides is 1. The third kappa shape index (κ3) is 3.79. The van der Waals surface area contributed by atoms with Crippen molar-refractivity contribution < 1.29 is 19.4 Å². The van der Waals surface area contributed by atoms with Crippen LogP contribution in [0.5, 0.6) is 0 Å². The molecule has 0 aliphatic heterocycles. The average Bonchev–Trinajstić information content (AvgIpc) is 2.28. The Morgan fingerprint density at radius 2 is 2.18 bits per heavy atom. The molecule has 1 atom stereocenters. The molecule has 5 nitrogen and oxygen atoms in total. The molecule has 1 unspecified atom stereocenters. The lowest BCUT2D eigenvalue weighted by molar-refractivity contribution is -0.138. The van der Waals surface area contributed by atoms with Gasteiger partial charge < -0.3 is 9.84 Å². The van der Waals surface area contributed by atoms with Gasteiger partial charge in [0.15, 0.2) is 0 Å². The minimum absolute atomic E-state index is 0.289. The standard InChI is InChI=1S/C12H15NO4/c1-3-17-12(16)13-10-6-4-5-9(7-10)8(2)11(14)15/h4-8H,3H2,1-2H3,(H,13,16)(H,14,15). The van der Waals surface area contributed by atoms with E-state index in [0.29, 0.717) is 11.3 Å². The van der Waals surface area contributed by atoms with E-state index in [4.69, 9.17) is 9.84 Å². The van der Waals surface area contributed by atoms with Crippen molar-refractivity contribution in [3.05, 3.63) is 29.8 Å². The van der Waals surface area contributed by atoms with E-state index in [1.54, 1.807) is 38.1 Å². The van der Waals surface area contributed by atoms with Crippen LogP contribution in [0.1, 0.15) is 25.3 Å². The summed E-state index contributed by atoms with van der Waals surface area (Å²) in [6, 6.07) is 6.69. The van der Waals surface area contributed by atoms with E-state index >= 15 is 0 Å². The number of carbonyl (C=O) groups excluding carboxylic acids is 1. The van der Waals surface area contributed by atoms with Crippen LogP contribution in [0.2, 0.25) is 0 Å². The van der Waals surface area contributed by atoms with Gasteiger partial charge in [-0.05, 0) is 31.5 Å². The van der Waals surface area contributed by atoms with Gasteiger partial charge in [0.2, 0.25) is 0 Å². The van der Waals surface area contributed by atoms with Crippen molar-refractivity contribution in [2.24, 2.45) is 0 Å². The molecule has 0 aromatic heterocycles. The Bertz CT molecular complexity index is 417. The highest BCUT2D eigenvalue weighted by Gasteiger charge is 2.14. The van der Waals surface area contributed by atoms with Crippen molar-refractivity contribution in [1.29, 1.82) is 0 Å². The average molecular weight is 237 g/mol. The predicted octanol–water partition coefficient (Wildman–Crippen LogP) is 2.44. The van der Waals surface area contributed by atoms with Gasteiger partial charge >= 0.3 is 12.1 Å². The molecular weight excluding hydrogens is 222 g/mol. The number of nitrogens with one attached hydrogen (secondary N) is 1. The molecule has 0 spiro atoms. The van der Waals surface area contributed by atoms with Gasteiger partial charge in [-0.15, -0.1) is 0 Å². The molecule has 92 valence electrons. The molecule has 5 heteroatoms. The molecule has 1 amide bonds. The van der Waals surface area contributed by atoms with E-state index in [1.165, 1.54) is 0 Å². The molecule has 0 aliphatic rings. The number of carboxylic acids is 1. The number of aliphatic carboxylic acids is 1. The van der Waals surface area contributed by atoms with Gasteiger partial charge in [0.25, 0.3) is 0 Å². The van der Waals surface area contributed by atoms with Crippen molar-refractivity contribution in [2.45, 2.75) is 19.8 Å². The van der Waals surface area contributed by atoms with Gasteiger partial charge in [0, 0.05) is 5.69 Å². The lowest BCUT2D eigenvalue weighted by Gasteiger charge is -2.09. The van der Waals surface area contributed by atoms with E-state index in [0.717, 1.165) is 0 Å². The van der Waals surface area contributed by atoms with Crippen LogP contribution in [-0.2, 0) is 9.53 Å². The number of rotatable bonds is 4. The molecule has 0 aliphatic carbocycles. The molecule has 0 radical (unpaired) electrons. The first-order valence-corrected chi connectivity index (χ1v) is 5.31. The molecule has 1 rings (SSSR count). The van der Waals surface area contributed by atoms with Gasteiger partial charge in [-0.25, -0.2) is 4.79 Å². The number of carbonyl (C=O) groups is 2. The number of anilines is 1. The SMILES string of the molecule is CCOC(=O)Nc1cccc(C(C)C(=O)O)c1. The Kier molecular flexibility index (Phi) is 4.51.